The van der Waals surface area contributed by atoms with E-state index in [1.807, 2.05) is 19.1 Å². The number of anilines is 1. The van der Waals surface area contributed by atoms with E-state index in [1.165, 1.54) is 22.2 Å². The third-order valence-corrected chi connectivity index (χ3v) is 4.28. The first kappa shape index (κ1) is 14.5. The number of fused-ring (bicyclic) bond motifs is 1. The summed E-state index contributed by atoms with van der Waals surface area (Å²) in [7, 11) is 0. The Morgan fingerprint density at radius 2 is 1.95 bits per heavy atom. The average molecular weight is 316 g/mol. The van der Waals surface area contributed by atoms with E-state index in [-0.39, 0.29) is 18.0 Å². The van der Waals surface area contributed by atoms with Gasteiger partial charge in [-0.3, -0.25) is 13.5 Å². The summed E-state index contributed by atoms with van der Waals surface area (Å²) in [5, 5.41) is 3.16. The fraction of sp³-hybridized carbons (Fsp3) is 0.125. The van der Waals surface area contributed by atoms with Crippen molar-refractivity contribution in [2.45, 2.75) is 13.5 Å². The summed E-state index contributed by atoms with van der Waals surface area (Å²) in [6.45, 7) is 1.87. The van der Waals surface area contributed by atoms with Gasteiger partial charge in [0.05, 0.1) is 10.1 Å². The van der Waals surface area contributed by atoms with E-state index in [0.717, 1.165) is 17.1 Å². The lowest BCUT2D eigenvalue weighted by Gasteiger charge is -2.05. The number of hydrogen-bond donors (Lipinski definition) is 1. The number of nitrogens with zero attached hydrogens (tertiary/aromatic N) is 1. The molecule has 0 saturated heterocycles. The topological polar surface area (TPSA) is 51.1 Å². The highest BCUT2D eigenvalue weighted by atomic mass is 32.1. The van der Waals surface area contributed by atoms with Crippen LogP contribution < -0.4 is 10.9 Å². The highest BCUT2D eigenvalue weighted by molar-refractivity contribution is 7.13. The first-order valence-electron chi connectivity index (χ1n) is 6.69. The van der Waals surface area contributed by atoms with Crippen LogP contribution >= 0.6 is 11.5 Å². The van der Waals surface area contributed by atoms with E-state index >= 15 is 0 Å². The number of rotatable bonds is 3. The Bertz CT molecular complexity index is 897. The van der Waals surface area contributed by atoms with Crippen LogP contribution in [0.1, 0.15) is 5.56 Å². The van der Waals surface area contributed by atoms with Crippen molar-refractivity contribution in [2.75, 3.05) is 5.32 Å². The number of aryl methyl sites for hydroxylation is 1. The maximum Gasteiger partial charge on any atom is 0.269 e. The van der Waals surface area contributed by atoms with Gasteiger partial charge in [-0.15, -0.1) is 0 Å². The third-order valence-electron chi connectivity index (χ3n) is 3.23. The van der Waals surface area contributed by atoms with E-state index < -0.39 is 5.82 Å². The quantitative estimate of drug-likeness (QED) is 0.807. The van der Waals surface area contributed by atoms with Gasteiger partial charge in [-0.1, -0.05) is 29.2 Å². The van der Waals surface area contributed by atoms with E-state index in [2.05, 4.69) is 5.32 Å². The number of carbonyl (C=O) groups is 1. The number of benzene rings is 2. The molecule has 0 atom stereocenters. The molecular weight excluding hydrogens is 303 g/mol. The van der Waals surface area contributed by atoms with Crippen LogP contribution in [-0.4, -0.2) is 9.86 Å². The van der Waals surface area contributed by atoms with Crippen molar-refractivity contribution in [3.63, 3.8) is 0 Å². The minimum atomic E-state index is -0.398. The first-order chi connectivity index (χ1) is 10.5. The van der Waals surface area contributed by atoms with Gasteiger partial charge in [0.25, 0.3) is 5.56 Å². The van der Waals surface area contributed by atoms with Crippen LogP contribution in [0.15, 0.2) is 47.3 Å². The summed E-state index contributed by atoms with van der Waals surface area (Å²) in [4.78, 5) is 24.2. The van der Waals surface area contributed by atoms with Crippen LogP contribution in [0.5, 0.6) is 0 Å². The number of aromatic nitrogens is 1. The molecule has 3 rings (SSSR count). The van der Waals surface area contributed by atoms with Crippen molar-refractivity contribution in [3.8, 4) is 0 Å². The molecule has 1 aromatic heterocycles. The predicted octanol–water partition coefficient (Wildman–Crippen LogP) is 3.15. The Balaban J connectivity index is 1.80. The summed E-state index contributed by atoms with van der Waals surface area (Å²) < 4.78 is 15.0. The second-order valence-corrected chi connectivity index (χ2v) is 6.05. The van der Waals surface area contributed by atoms with Gasteiger partial charge in [0.1, 0.15) is 12.4 Å². The molecule has 4 nitrogen and oxygen atoms in total. The fourth-order valence-corrected chi connectivity index (χ4v) is 3.13. The highest BCUT2D eigenvalue weighted by Crippen LogP contribution is 2.18. The molecule has 0 aliphatic heterocycles. The molecule has 0 aliphatic carbocycles. The molecule has 0 radical (unpaired) electrons. The smallest absolute Gasteiger partial charge is 0.269 e. The Kier molecular flexibility index (Phi) is 3.77. The molecule has 0 bridgehead atoms. The monoisotopic (exact) mass is 316 g/mol. The zero-order chi connectivity index (χ0) is 15.7. The molecular formula is C16H13FN2O2S. The van der Waals surface area contributed by atoms with Crippen molar-refractivity contribution in [1.82, 2.24) is 3.96 Å². The van der Waals surface area contributed by atoms with Gasteiger partial charge in [0, 0.05) is 5.69 Å². The van der Waals surface area contributed by atoms with Gasteiger partial charge in [0.2, 0.25) is 5.91 Å². The van der Waals surface area contributed by atoms with Gasteiger partial charge in [0.15, 0.2) is 0 Å². The molecule has 3 aromatic rings. The standard InChI is InChI=1S/C16H13FN2O2S/c1-10-2-5-12(6-3-10)18-15(20)9-19-16(21)13-7-4-11(17)8-14(13)22-19/h2-8H,9H2,1H3,(H,18,20). The number of halogens is 1. The molecule has 0 aliphatic rings. The Morgan fingerprint density at radius 3 is 2.68 bits per heavy atom. The number of amides is 1. The van der Waals surface area contributed by atoms with Crippen molar-refractivity contribution in [1.29, 1.82) is 0 Å². The zero-order valence-corrected chi connectivity index (χ0v) is 12.6. The second-order valence-electron chi connectivity index (χ2n) is 4.99. The van der Waals surface area contributed by atoms with E-state index in [9.17, 15) is 14.0 Å². The van der Waals surface area contributed by atoms with Gasteiger partial charge < -0.3 is 5.32 Å². The first-order valence-corrected chi connectivity index (χ1v) is 7.46. The van der Waals surface area contributed by atoms with Gasteiger partial charge in [-0.25, -0.2) is 4.39 Å². The molecule has 6 heteroatoms. The summed E-state index contributed by atoms with van der Waals surface area (Å²) in [5.41, 5.74) is 1.50. The SMILES string of the molecule is Cc1ccc(NC(=O)Cn2sc3cc(F)ccc3c2=O)cc1. The van der Waals surface area contributed by atoms with Crippen molar-refractivity contribution in [2.24, 2.45) is 0 Å². The lowest BCUT2D eigenvalue weighted by Crippen LogP contribution is -2.23. The van der Waals surface area contributed by atoms with E-state index in [0.29, 0.717) is 15.8 Å². The molecule has 1 amide bonds. The van der Waals surface area contributed by atoms with Gasteiger partial charge >= 0.3 is 0 Å². The number of carbonyl (C=O) groups excluding carboxylic acids is 1. The highest BCUT2D eigenvalue weighted by Gasteiger charge is 2.11. The molecule has 2 aromatic carbocycles. The van der Waals surface area contributed by atoms with E-state index in [4.69, 9.17) is 0 Å². The fourth-order valence-electron chi connectivity index (χ4n) is 2.11. The molecule has 0 saturated carbocycles. The van der Waals surface area contributed by atoms with Crippen LogP contribution in [0.25, 0.3) is 10.1 Å². The molecule has 22 heavy (non-hydrogen) atoms. The van der Waals surface area contributed by atoms with Crippen molar-refractivity contribution >= 4 is 33.2 Å². The van der Waals surface area contributed by atoms with Crippen LogP contribution in [0.3, 0.4) is 0 Å². The lowest BCUT2D eigenvalue weighted by atomic mass is 10.2. The molecule has 1 heterocycles. The maximum absolute atomic E-state index is 13.2. The summed E-state index contributed by atoms with van der Waals surface area (Å²) in [6.07, 6.45) is 0. The summed E-state index contributed by atoms with van der Waals surface area (Å²) in [5.74, 6) is -0.692. The number of nitrogens with one attached hydrogen (secondary N) is 1. The van der Waals surface area contributed by atoms with Gasteiger partial charge in [-0.2, -0.15) is 0 Å². The van der Waals surface area contributed by atoms with Gasteiger partial charge in [-0.05, 0) is 37.3 Å². The average Bonchev–Trinajstić information content (AvgIpc) is 2.77. The molecule has 0 fully saturated rings. The lowest BCUT2D eigenvalue weighted by molar-refractivity contribution is -0.116. The Labute approximate surface area is 130 Å². The zero-order valence-electron chi connectivity index (χ0n) is 11.8. The molecule has 1 N–H and O–H groups in total. The summed E-state index contributed by atoms with van der Waals surface area (Å²) in [6, 6.07) is 11.4. The van der Waals surface area contributed by atoms with Crippen LogP contribution in [0.4, 0.5) is 10.1 Å². The normalized spacial score (nSPS) is 10.8. The predicted molar refractivity (Wildman–Crippen MR) is 85.9 cm³/mol. The van der Waals surface area contributed by atoms with Crippen LogP contribution in [-0.2, 0) is 11.3 Å². The Hall–Kier alpha value is -2.47. The summed E-state index contributed by atoms with van der Waals surface area (Å²) >= 11 is 1.08. The molecule has 112 valence electrons. The third kappa shape index (κ3) is 2.92. The molecule has 0 unspecified atom stereocenters. The van der Waals surface area contributed by atoms with Crippen molar-refractivity contribution in [3.05, 3.63) is 64.2 Å². The van der Waals surface area contributed by atoms with Crippen LogP contribution in [0.2, 0.25) is 0 Å². The van der Waals surface area contributed by atoms with E-state index in [1.54, 1.807) is 12.1 Å². The minimum absolute atomic E-state index is 0.0896. The molecule has 0 spiro atoms. The minimum Gasteiger partial charge on any atom is -0.325 e. The Morgan fingerprint density at radius 1 is 1.23 bits per heavy atom. The second kappa shape index (κ2) is 5.73. The number of hydrogen-bond acceptors (Lipinski definition) is 3. The van der Waals surface area contributed by atoms with Crippen LogP contribution in [0, 0.1) is 12.7 Å². The maximum atomic E-state index is 13.2. The van der Waals surface area contributed by atoms with Crippen molar-refractivity contribution < 1.29 is 9.18 Å². The largest absolute Gasteiger partial charge is 0.325 e.